The number of alkyl halides is 2. The van der Waals surface area contributed by atoms with Crippen molar-refractivity contribution in [2.45, 2.75) is 50.0 Å². The van der Waals surface area contributed by atoms with Crippen molar-refractivity contribution < 1.29 is 23.0 Å². The molecule has 29 heavy (non-hydrogen) atoms. The molecule has 1 N–H and O–H groups in total. The number of hydrogen-bond donors (Lipinski definition) is 1. The Morgan fingerprint density at radius 1 is 1.00 bits per heavy atom. The molecule has 150 valence electrons. The third-order valence-electron chi connectivity index (χ3n) is 5.92. The second-order valence-corrected chi connectivity index (χ2v) is 8.05. The quantitative estimate of drug-likeness (QED) is 0.569. The molecule has 6 heteroatoms. The predicted octanol–water partition coefficient (Wildman–Crippen LogP) is 6.19. The fraction of sp³-hybridized carbons (Fsp3) is 0.348. The minimum Gasteiger partial charge on any atom is -0.508 e. The molecule has 1 heterocycles. The lowest BCUT2D eigenvalue weighted by molar-refractivity contribution is -0.0875. The van der Waals surface area contributed by atoms with E-state index in [9.17, 15) is 18.3 Å². The van der Waals surface area contributed by atoms with Gasteiger partial charge in [0.1, 0.15) is 17.7 Å². The SMILES string of the molecule is Oc1ccc2c(-c3ccc(F)cc3)c(C3CC(F)(F)C3)nc(OC3CCC3)c2c1. The van der Waals surface area contributed by atoms with Gasteiger partial charge >= 0.3 is 0 Å². The van der Waals surface area contributed by atoms with Crippen molar-refractivity contribution >= 4 is 10.8 Å². The summed E-state index contributed by atoms with van der Waals surface area (Å²) in [6.45, 7) is 0. The summed E-state index contributed by atoms with van der Waals surface area (Å²) in [7, 11) is 0. The molecule has 0 aliphatic heterocycles. The number of phenols is 1. The lowest BCUT2D eigenvalue weighted by Crippen LogP contribution is -2.34. The van der Waals surface area contributed by atoms with Gasteiger partial charge < -0.3 is 9.84 Å². The van der Waals surface area contributed by atoms with Crippen LogP contribution in [0.25, 0.3) is 21.9 Å². The van der Waals surface area contributed by atoms with Crippen LogP contribution in [0.15, 0.2) is 42.5 Å². The standard InChI is InChI=1S/C23H20F3NO2/c24-15-6-4-13(5-7-15)20-18-9-8-16(28)10-19(18)22(29-17-2-1-3-17)27-21(20)14-11-23(25,26)12-14/h4-10,14,17,28H,1-3,11-12H2. The van der Waals surface area contributed by atoms with Crippen molar-refractivity contribution in [1.29, 1.82) is 0 Å². The van der Waals surface area contributed by atoms with E-state index in [0.29, 0.717) is 28.1 Å². The Kier molecular flexibility index (Phi) is 4.19. The van der Waals surface area contributed by atoms with E-state index in [1.165, 1.54) is 12.1 Å². The van der Waals surface area contributed by atoms with Crippen LogP contribution < -0.4 is 4.74 Å². The fourth-order valence-electron chi connectivity index (χ4n) is 4.10. The van der Waals surface area contributed by atoms with Gasteiger partial charge in [0, 0.05) is 29.7 Å². The minimum atomic E-state index is -2.69. The summed E-state index contributed by atoms with van der Waals surface area (Å²) in [5.41, 5.74) is 1.95. The highest BCUT2D eigenvalue weighted by atomic mass is 19.3. The molecular formula is C23H20F3NO2. The van der Waals surface area contributed by atoms with Crippen LogP contribution in [0.3, 0.4) is 0 Å². The molecule has 3 nitrogen and oxygen atoms in total. The van der Waals surface area contributed by atoms with Gasteiger partial charge in [-0.05, 0) is 60.5 Å². The van der Waals surface area contributed by atoms with Gasteiger partial charge in [-0.3, -0.25) is 0 Å². The summed E-state index contributed by atoms with van der Waals surface area (Å²) in [5, 5.41) is 11.4. The summed E-state index contributed by atoms with van der Waals surface area (Å²) in [6.07, 6.45) is 2.47. The highest BCUT2D eigenvalue weighted by Crippen LogP contribution is 2.52. The number of aromatic nitrogens is 1. The van der Waals surface area contributed by atoms with Crippen molar-refractivity contribution in [3.05, 3.63) is 54.0 Å². The van der Waals surface area contributed by atoms with Crippen LogP contribution >= 0.6 is 0 Å². The third kappa shape index (κ3) is 3.30. The van der Waals surface area contributed by atoms with Gasteiger partial charge in [0.25, 0.3) is 0 Å². The lowest BCUT2D eigenvalue weighted by atomic mass is 9.76. The highest BCUT2D eigenvalue weighted by molar-refractivity contribution is 6.01. The lowest BCUT2D eigenvalue weighted by Gasteiger charge is -2.36. The van der Waals surface area contributed by atoms with Gasteiger partial charge in [-0.15, -0.1) is 0 Å². The summed E-state index contributed by atoms with van der Waals surface area (Å²) in [4.78, 5) is 4.69. The fourth-order valence-corrected chi connectivity index (χ4v) is 4.10. The molecule has 3 aromatic rings. The normalized spacial score (nSPS) is 19.0. The maximum absolute atomic E-state index is 13.7. The van der Waals surface area contributed by atoms with Gasteiger partial charge in [0.2, 0.25) is 11.8 Å². The number of rotatable bonds is 4. The molecule has 5 rings (SSSR count). The number of hydrogen-bond acceptors (Lipinski definition) is 3. The maximum Gasteiger partial charge on any atom is 0.249 e. The second kappa shape index (κ2) is 6.65. The number of pyridine rings is 1. The Morgan fingerprint density at radius 3 is 2.34 bits per heavy atom. The van der Waals surface area contributed by atoms with E-state index in [-0.39, 0.29) is 30.5 Å². The molecule has 0 bridgehead atoms. The van der Waals surface area contributed by atoms with E-state index in [2.05, 4.69) is 4.98 Å². The van der Waals surface area contributed by atoms with E-state index in [1.54, 1.807) is 30.3 Å². The number of halogens is 3. The Balaban J connectivity index is 1.73. The summed E-state index contributed by atoms with van der Waals surface area (Å²) in [5.74, 6) is -3.01. The number of fused-ring (bicyclic) bond motifs is 1. The zero-order valence-electron chi connectivity index (χ0n) is 15.7. The van der Waals surface area contributed by atoms with Crippen LogP contribution in [-0.4, -0.2) is 22.1 Å². The zero-order chi connectivity index (χ0) is 20.2. The van der Waals surface area contributed by atoms with Crippen molar-refractivity contribution in [2.75, 3.05) is 0 Å². The molecule has 0 saturated heterocycles. The largest absolute Gasteiger partial charge is 0.508 e. The van der Waals surface area contributed by atoms with Gasteiger partial charge in [0.15, 0.2) is 0 Å². The Morgan fingerprint density at radius 2 is 1.72 bits per heavy atom. The van der Waals surface area contributed by atoms with Crippen LogP contribution in [0.4, 0.5) is 13.2 Å². The summed E-state index contributed by atoms with van der Waals surface area (Å²) < 4.78 is 46.9. The summed E-state index contributed by atoms with van der Waals surface area (Å²) >= 11 is 0. The van der Waals surface area contributed by atoms with Gasteiger partial charge in [-0.25, -0.2) is 18.2 Å². The van der Waals surface area contributed by atoms with Crippen molar-refractivity contribution in [3.63, 3.8) is 0 Å². The van der Waals surface area contributed by atoms with Crippen molar-refractivity contribution in [3.8, 4) is 22.8 Å². The Bertz CT molecular complexity index is 1070. The van der Waals surface area contributed by atoms with Crippen LogP contribution in [0.2, 0.25) is 0 Å². The van der Waals surface area contributed by atoms with Crippen LogP contribution in [0, 0.1) is 5.82 Å². The first-order valence-corrected chi connectivity index (χ1v) is 9.87. The molecule has 0 atom stereocenters. The number of benzene rings is 2. The monoisotopic (exact) mass is 399 g/mol. The van der Waals surface area contributed by atoms with Gasteiger partial charge in [-0.1, -0.05) is 12.1 Å². The smallest absolute Gasteiger partial charge is 0.249 e. The van der Waals surface area contributed by atoms with E-state index in [0.717, 1.165) is 24.6 Å². The molecule has 1 aromatic heterocycles. The number of phenolic OH excluding ortho intramolecular Hbond substituents is 1. The van der Waals surface area contributed by atoms with E-state index >= 15 is 0 Å². The highest BCUT2D eigenvalue weighted by Gasteiger charge is 2.47. The van der Waals surface area contributed by atoms with Gasteiger partial charge in [0.05, 0.1) is 5.69 Å². The Labute approximate surface area is 166 Å². The molecule has 0 amide bonds. The molecule has 2 fully saturated rings. The van der Waals surface area contributed by atoms with Crippen molar-refractivity contribution in [1.82, 2.24) is 4.98 Å². The molecular weight excluding hydrogens is 379 g/mol. The molecule has 0 spiro atoms. The van der Waals surface area contributed by atoms with E-state index < -0.39 is 11.8 Å². The number of ether oxygens (including phenoxy) is 1. The van der Waals surface area contributed by atoms with E-state index in [4.69, 9.17) is 4.74 Å². The van der Waals surface area contributed by atoms with Crippen molar-refractivity contribution in [2.24, 2.45) is 0 Å². The minimum absolute atomic E-state index is 0.0559. The second-order valence-electron chi connectivity index (χ2n) is 8.05. The Hall–Kier alpha value is -2.76. The third-order valence-corrected chi connectivity index (χ3v) is 5.92. The first-order valence-electron chi connectivity index (χ1n) is 9.87. The zero-order valence-corrected chi connectivity index (χ0v) is 15.7. The predicted molar refractivity (Wildman–Crippen MR) is 104 cm³/mol. The molecule has 2 aromatic carbocycles. The summed E-state index contributed by atoms with van der Waals surface area (Å²) in [6, 6.07) is 10.8. The molecule has 0 unspecified atom stereocenters. The molecule has 2 aliphatic carbocycles. The maximum atomic E-state index is 13.7. The number of nitrogens with zero attached hydrogens (tertiary/aromatic N) is 1. The molecule has 0 radical (unpaired) electrons. The number of aromatic hydroxyl groups is 1. The topological polar surface area (TPSA) is 42.4 Å². The average molecular weight is 399 g/mol. The van der Waals surface area contributed by atoms with E-state index in [1.807, 2.05) is 0 Å². The van der Waals surface area contributed by atoms with Crippen LogP contribution in [-0.2, 0) is 0 Å². The molecule has 2 saturated carbocycles. The first-order chi connectivity index (χ1) is 13.9. The van der Waals surface area contributed by atoms with Gasteiger partial charge in [-0.2, -0.15) is 0 Å². The van der Waals surface area contributed by atoms with Crippen LogP contribution in [0.5, 0.6) is 11.6 Å². The first kappa shape index (κ1) is 18.3. The van der Waals surface area contributed by atoms with Crippen LogP contribution in [0.1, 0.15) is 43.7 Å². The average Bonchev–Trinajstić information content (AvgIpc) is 2.63. The molecule has 2 aliphatic rings.